The molecule has 0 aromatic heterocycles. The van der Waals surface area contributed by atoms with Crippen molar-refractivity contribution in [3.8, 4) is 0 Å². The Morgan fingerprint density at radius 1 is 0.692 bits per heavy atom. The van der Waals surface area contributed by atoms with Crippen LogP contribution in [-0.2, 0) is 19.1 Å². The lowest BCUT2D eigenvalue weighted by Crippen LogP contribution is -2.16. The summed E-state index contributed by atoms with van der Waals surface area (Å²) in [7, 11) is 0. The molecule has 0 saturated carbocycles. The van der Waals surface area contributed by atoms with Crippen molar-refractivity contribution in [2.24, 2.45) is 11.8 Å². The van der Waals surface area contributed by atoms with Crippen molar-refractivity contribution in [1.82, 2.24) is 0 Å². The molecule has 0 aliphatic rings. The molecule has 1 unspecified atom stereocenters. The van der Waals surface area contributed by atoms with Crippen LogP contribution in [0.25, 0.3) is 0 Å². The lowest BCUT2D eigenvalue weighted by Gasteiger charge is -2.19. The number of carbonyl (C=O) groups is 2. The topological polar surface area (TPSA) is 52.6 Å². The molecule has 1 atom stereocenters. The molecule has 0 N–H and O–H groups in total. The Morgan fingerprint density at radius 3 is 1.65 bits per heavy atom. The Balaban J connectivity index is 3.50. The molecule has 0 aromatic rings. The van der Waals surface area contributed by atoms with E-state index >= 15 is 0 Å². The number of esters is 2. The third-order valence-corrected chi connectivity index (χ3v) is 4.94. The van der Waals surface area contributed by atoms with E-state index in [2.05, 4.69) is 13.8 Å². The second-order valence-electron chi connectivity index (χ2n) is 7.54. The zero-order valence-electron chi connectivity index (χ0n) is 17.7. The average molecular weight is 371 g/mol. The summed E-state index contributed by atoms with van der Waals surface area (Å²) in [6.07, 6.45) is 13.2. The molecule has 0 spiro atoms. The fourth-order valence-corrected chi connectivity index (χ4v) is 3.25. The molecule has 4 nitrogen and oxygen atoms in total. The van der Waals surface area contributed by atoms with E-state index in [-0.39, 0.29) is 11.9 Å². The van der Waals surface area contributed by atoms with Crippen molar-refractivity contribution < 1.29 is 19.1 Å². The molecule has 0 radical (unpaired) electrons. The fraction of sp³-hybridized carbons (Fsp3) is 0.909. The van der Waals surface area contributed by atoms with Gasteiger partial charge in [0.15, 0.2) is 0 Å². The van der Waals surface area contributed by atoms with E-state index in [1.54, 1.807) is 0 Å². The summed E-state index contributed by atoms with van der Waals surface area (Å²) in [6, 6.07) is 0. The minimum absolute atomic E-state index is 0.0471. The number of unbranched alkanes of at least 4 members (excludes halogenated alkanes) is 8. The van der Waals surface area contributed by atoms with E-state index < -0.39 is 0 Å². The molecular formula is C22H42O4. The van der Waals surface area contributed by atoms with Gasteiger partial charge in [-0.15, -0.1) is 0 Å². The molecule has 154 valence electrons. The summed E-state index contributed by atoms with van der Waals surface area (Å²) in [5.74, 6) is 0.881. The molecular weight excluding hydrogens is 328 g/mol. The van der Waals surface area contributed by atoms with Gasteiger partial charge in [-0.3, -0.25) is 9.59 Å². The molecule has 0 rings (SSSR count). The van der Waals surface area contributed by atoms with Crippen LogP contribution in [0.3, 0.4) is 0 Å². The van der Waals surface area contributed by atoms with Crippen LogP contribution in [0.1, 0.15) is 105 Å². The third kappa shape index (κ3) is 15.2. The molecule has 0 bridgehead atoms. The number of hydrogen-bond donors (Lipinski definition) is 0. The van der Waals surface area contributed by atoms with Crippen LogP contribution in [0.4, 0.5) is 0 Å². The van der Waals surface area contributed by atoms with Gasteiger partial charge in [-0.05, 0) is 38.5 Å². The lowest BCUT2D eigenvalue weighted by molar-refractivity contribution is -0.145. The van der Waals surface area contributed by atoms with Gasteiger partial charge >= 0.3 is 11.9 Å². The molecule has 0 heterocycles. The summed E-state index contributed by atoms with van der Waals surface area (Å²) < 4.78 is 10.0. The van der Waals surface area contributed by atoms with Gasteiger partial charge in [-0.1, -0.05) is 65.2 Å². The maximum Gasteiger partial charge on any atom is 0.306 e. The van der Waals surface area contributed by atoms with E-state index in [9.17, 15) is 9.59 Å². The second-order valence-corrected chi connectivity index (χ2v) is 7.54. The van der Waals surface area contributed by atoms with Gasteiger partial charge in [0.1, 0.15) is 0 Å². The summed E-state index contributed by atoms with van der Waals surface area (Å²) in [5, 5.41) is 0. The number of rotatable bonds is 17. The van der Waals surface area contributed by atoms with Gasteiger partial charge in [-0.25, -0.2) is 0 Å². The Bertz CT molecular complexity index is 352. The zero-order chi connectivity index (χ0) is 19.6. The van der Waals surface area contributed by atoms with Crippen LogP contribution < -0.4 is 0 Å². The summed E-state index contributed by atoms with van der Waals surface area (Å²) in [6.45, 7) is 9.08. The highest BCUT2D eigenvalue weighted by Crippen LogP contribution is 2.23. The first-order valence-corrected chi connectivity index (χ1v) is 10.8. The van der Waals surface area contributed by atoms with Gasteiger partial charge in [-0.2, -0.15) is 0 Å². The molecule has 0 aliphatic carbocycles. The zero-order valence-corrected chi connectivity index (χ0v) is 17.7. The van der Waals surface area contributed by atoms with Gasteiger partial charge in [0.25, 0.3) is 0 Å². The van der Waals surface area contributed by atoms with Crippen LogP contribution in [0.5, 0.6) is 0 Å². The SMILES string of the molecule is CCOC(=O)CCCCCCCCCCCC(CC(=O)OCC)C(C)C. The summed E-state index contributed by atoms with van der Waals surface area (Å²) >= 11 is 0. The normalized spacial score (nSPS) is 12.2. The average Bonchev–Trinajstić information content (AvgIpc) is 2.58. The Labute approximate surface area is 161 Å². The van der Waals surface area contributed by atoms with Crippen molar-refractivity contribution >= 4 is 11.9 Å². The van der Waals surface area contributed by atoms with Gasteiger partial charge in [0.05, 0.1) is 13.2 Å². The first-order chi connectivity index (χ1) is 12.5. The Hall–Kier alpha value is -1.06. The van der Waals surface area contributed by atoms with Crippen molar-refractivity contribution in [2.45, 2.75) is 105 Å². The monoisotopic (exact) mass is 370 g/mol. The van der Waals surface area contributed by atoms with Gasteiger partial charge < -0.3 is 9.47 Å². The van der Waals surface area contributed by atoms with Crippen molar-refractivity contribution in [3.05, 3.63) is 0 Å². The van der Waals surface area contributed by atoms with Gasteiger partial charge in [0, 0.05) is 12.8 Å². The van der Waals surface area contributed by atoms with Crippen molar-refractivity contribution in [3.63, 3.8) is 0 Å². The Morgan fingerprint density at radius 2 is 1.15 bits per heavy atom. The highest BCUT2D eigenvalue weighted by molar-refractivity contribution is 5.69. The molecule has 0 aromatic carbocycles. The van der Waals surface area contributed by atoms with E-state index in [0.717, 1.165) is 19.3 Å². The lowest BCUT2D eigenvalue weighted by atomic mass is 9.87. The van der Waals surface area contributed by atoms with E-state index in [4.69, 9.17) is 9.47 Å². The highest BCUT2D eigenvalue weighted by atomic mass is 16.5. The first-order valence-electron chi connectivity index (χ1n) is 10.8. The van der Waals surface area contributed by atoms with Gasteiger partial charge in [0.2, 0.25) is 0 Å². The molecule has 0 amide bonds. The van der Waals surface area contributed by atoms with Crippen LogP contribution >= 0.6 is 0 Å². The third-order valence-electron chi connectivity index (χ3n) is 4.94. The first kappa shape index (κ1) is 24.9. The number of carbonyl (C=O) groups excluding carboxylic acids is 2. The fourth-order valence-electron chi connectivity index (χ4n) is 3.25. The molecule has 0 fully saturated rings. The predicted octanol–water partition coefficient (Wildman–Crippen LogP) is 6.07. The van der Waals surface area contributed by atoms with E-state index in [1.807, 2.05) is 13.8 Å². The number of hydrogen-bond acceptors (Lipinski definition) is 4. The second kappa shape index (κ2) is 17.4. The summed E-state index contributed by atoms with van der Waals surface area (Å²) in [4.78, 5) is 22.9. The molecule has 0 saturated heterocycles. The number of ether oxygens (including phenoxy) is 2. The van der Waals surface area contributed by atoms with Crippen LogP contribution in [0, 0.1) is 11.8 Å². The molecule has 26 heavy (non-hydrogen) atoms. The van der Waals surface area contributed by atoms with E-state index in [1.165, 1.54) is 44.9 Å². The van der Waals surface area contributed by atoms with Crippen molar-refractivity contribution in [1.29, 1.82) is 0 Å². The molecule has 0 aliphatic heterocycles. The smallest absolute Gasteiger partial charge is 0.306 e. The summed E-state index contributed by atoms with van der Waals surface area (Å²) in [5.41, 5.74) is 0. The maximum atomic E-state index is 11.7. The predicted molar refractivity (Wildman–Crippen MR) is 107 cm³/mol. The minimum Gasteiger partial charge on any atom is -0.466 e. The van der Waals surface area contributed by atoms with Crippen LogP contribution in [-0.4, -0.2) is 25.2 Å². The van der Waals surface area contributed by atoms with Crippen LogP contribution in [0.15, 0.2) is 0 Å². The minimum atomic E-state index is -0.0600. The van der Waals surface area contributed by atoms with E-state index in [0.29, 0.717) is 37.9 Å². The molecule has 4 heteroatoms. The van der Waals surface area contributed by atoms with Crippen molar-refractivity contribution in [2.75, 3.05) is 13.2 Å². The Kier molecular flexibility index (Phi) is 16.7. The quantitative estimate of drug-likeness (QED) is 0.230. The largest absolute Gasteiger partial charge is 0.466 e. The van der Waals surface area contributed by atoms with Crippen LogP contribution in [0.2, 0.25) is 0 Å². The highest BCUT2D eigenvalue weighted by Gasteiger charge is 2.17. The maximum absolute atomic E-state index is 11.7. The standard InChI is InChI=1S/C22H42O4/c1-5-25-21(23)17-15-13-11-9-7-8-10-12-14-16-20(19(3)4)18-22(24)26-6-2/h19-20H,5-18H2,1-4H3.